The van der Waals surface area contributed by atoms with Gasteiger partial charge in [0.15, 0.2) is 0 Å². The van der Waals surface area contributed by atoms with Gasteiger partial charge in [0.1, 0.15) is 0 Å². The maximum atomic E-state index is 4.05. The van der Waals surface area contributed by atoms with E-state index in [1.807, 2.05) is 0 Å². The zero-order chi connectivity index (χ0) is 12.4. The van der Waals surface area contributed by atoms with Crippen LogP contribution in [0.5, 0.6) is 0 Å². The molecular formula is C15H24Si. The van der Waals surface area contributed by atoms with Gasteiger partial charge >= 0.3 is 0 Å². The van der Waals surface area contributed by atoms with E-state index in [-0.39, 0.29) is 0 Å². The van der Waals surface area contributed by atoms with Crippen molar-refractivity contribution in [3.8, 4) is 0 Å². The van der Waals surface area contributed by atoms with Gasteiger partial charge in [0.25, 0.3) is 0 Å². The Morgan fingerprint density at radius 3 is 2.00 bits per heavy atom. The molecule has 0 aliphatic carbocycles. The van der Waals surface area contributed by atoms with Crippen molar-refractivity contribution in [1.82, 2.24) is 0 Å². The van der Waals surface area contributed by atoms with Gasteiger partial charge in [0, 0.05) is 0 Å². The van der Waals surface area contributed by atoms with Crippen molar-refractivity contribution in [3.63, 3.8) is 0 Å². The number of benzene rings is 1. The van der Waals surface area contributed by atoms with Crippen molar-refractivity contribution in [2.45, 2.75) is 39.4 Å². The molecule has 0 aromatic heterocycles. The highest BCUT2D eigenvalue weighted by molar-refractivity contribution is 6.91. The van der Waals surface area contributed by atoms with Gasteiger partial charge in [-0.1, -0.05) is 75.5 Å². The van der Waals surface area contributed by atoms with Crippen LogP contribution in [0.3, 0.4) is 0 Å². The Kier molecular flexibility index (Phi) is 3.79. The van der Waals surface area contributed by atoms with E-state index < -0.39 is 8.07 Å². The molecule has 0 saturated heterocycles. The fourth-order valence-corrected chi connectivity index (χ4v) is 6.94. The van der Waals surface area contributed by atoms with E-state index in [0.29, 0.717) is 11.0 Å². The molecule has 0 nitrogen and oxygen atoms in total. The topological polar surface area (TPSA) is 0 Å². The third kappa shape index (κ3) is 2.65. The summed E-state index contributed by atoms with van der Waals surface area (Å²) in [5.41, 5.74) is 0.898. The van der Waals surface area contributed by atoms with Crippen LogP contribution < -0.4 is 5.19 Å². The first kappa shape index (κ1) is 13.2. The van der Waals surface area contributed by atoms with E-state index in [2.05, 4.69) is 76.9 Å². The molecule has 0 amide bonds. The largest absolute Gasteiger partial charge is 0.103 e. The minimum Gasteiger partial charge on any atom is -0.103 e. The quantitative estimate of drug-likeness (QED) is 0.541. The van der Waals surface area contributed by atoms with Crippen LogP contribution in [-0.4, -0.2) is 8.07 Å². The van der Waals surface area contributed by atoms with Gasteiger partial charge in [0.2, 0.25) is 0 Å². The molecule has 0 saturated carbocycles. The minimum absolute atomic E-state index is 0.299. The van der Waals surface area contributed by atoms with Gasteiger partial charge in [-0.2, -0.15) is 0 Å². The normalized spacial score (nSPS) is 14.6. The molecule has 0 aliphatic rings. The van der Waals surface area contributed by atoms with Crippen LogP contribution in [0.15, 0.2) is 43.0 Å². The van der Waals surface area contributed by atoms with E-state index in [1.54, 1.807) is 0 Å². The summed E-state index contributed by atoms with van der Waals surface area (Å²) in [6.45, 7) is 15.9. The van der Waals surface area contributed by atoms with Gasteiger partial charge in [-0.25, -0.2) is 0 Å². The van der Waals surface area contributed by atoms with Gasteiger partial charge in [-0.3, -0.25) is 0 Å². The summed E-state index contributed by atoms with van der Waals surface area (Å²) in [7, 11) is -1.46. The van der Waals surface area contributed by atoms with Crippen LogP contribution in [0.1, 0.15) is 20.8 Å². The molecule has 0 bridgehead atoms. The second-order valence-corrected chi connectivity index (χ2v) is 10.8. The molecule has 0 unspecified atom stereocenters. The van der Waals surface area contributed by atoms with Crippen molar-refractivity contribution < 1.29 is 0 Å². The molecule has 0 spiro atoms. The van der Waals surface area contributed by atoms with E-state index in [4.69, 9.17) is 0 Å². The average Bonchev–Trinajstić information content (AvgIpc) is 2.17. The highest BCUT2D eigenvalue weighted by atomic mass is 28.3. The summed E-state index contributed by atoms with van der Waals surface area (Å²) < 4.78 is 0. The van der Waals surface area contributed by atoms with E-state index in [0.717, 1.165) is 0 Å². The van der Waals surface area contributed by atoms with Crippen molar-refractivity contribution in [1.29, 1.82) is 0 Å². The monoisotopic (exact) mass is 232 g/mol. The predicted molar refractivity (Wildman–Crippen MR) is 77.0 cm³/mol. The lowest BCUT2D eigenvalue weighted by Gasteiger charge is -2.40. The first-order valence-electron chi connectivity index (χ1n) is 5.98. The third-order valence-corrected chi connectivity index (χ3v) is 7.94. The first-order valence-corrected chi connectivity index (χ1v) is 9.06. The van der Waals surface area contributed by atoms with Crippen molar-refractivity contribution >= 4 is 13.3 Å². The van der Waals surface area contributed by atoms with Crippen LogP contribution in [0, 0.1) is 5.41 Å². The standard InChI is InChI=1S/C15H24Si/c1-7-14(15(2,3)4)16(5,6)13-11-9-8-10-12-13/h7-12,14H,1H2,2-6H3/t14-/m1/s1. The molecule has 0 fully saturated rings. The maximum absolute atomic E-state index is 4.05. The van der Waals surface area contributed by atoms with E-state index in [9.17, 15) is 0 Å². The lowest BCUT2D eigenvalue weighted by atomic mass is 9.91. The summed E-state index contributed by atoms with van der Waals surface area (Å²) in [5.74, 6) is 0. The molecule has 0 N–H and O–H groups in total. The number of rotatable bonds is 3. The molecule has 1 rings (SSSR count). The predicted octanol–water partition coefficient (Wildman–Crippen LogP) is 4.20. The number of hydrogen-bond donors (Lipinski definition) is 0. The van der Waals surface area contributed by atoms with E-state index >= 15 is 0 Å². The number of hydrogen-bond acceptors (Lipinski definition) is 0. The Labute approximate surface area is 101 Å². The van der Waals surface area contributed by atoms with Crippen LogP contribution in [0.2, 0.25) is 18.6 Å². The van der Waals surface area contributed by atoms with Crippen molar-refractivity contribution in [2.75, 3.05) is 0 Å². The second kappa shape index (κ2) is 4.58. The van der Waals surface area contributed by atoms with Crippen LogP contribution in [-0.2, 0) is 0 Å². The number of allylic oxidation sites excluding steroid dienone is 1. The van der Waals surface area contributed by atoms with Gasteiger partial charge < -0.3 is 0 Å². The van der Waals surface area contributed by atoms with Crippen LogP contribution in [0.4, 0.5) is 0 Å². The SMILES string of the molecule is C=C[C@H](C(C)(C)C)[Si](C)(C)c1ccccc1. The minimum atomic E-state index is -1.46. The summed E-state index contributed by atoms with van der Waals surface area (Å²) in [6.07, 6.45) is 2.17. The molecule has 1 aromatic carbocycles. The zero-order valence-corrected chi connectivity index (χ0v) is 12.2. The van der Waals surface area contributed by atoms with Crippen molar-refractivity contribution in [2.24, 2.45) is 5.41 Å². The molecule has 16 heavy (non-hydrogen) atoms. The zero-order valence-electron chi connectivity index (χ0n) is 11.2. The average molecular weight is 232 g/mol. The van der Waals surface area contributed by atoms with E-state index in [1.165, 1.54) is 5.19 Å². The van der Waals surface area contributed by atoms with Gasteiger partial charge in [-0.15, -0.1) is 6.58 Å². The fraction of sp³-hybridized carbons (Fsp3) is 0.467. The maximum Gasteiger partial charge on any atom is 0.0878 e. The summed E-state index contributed by atoms with van der Waals surface area (Å²) in [6, 6.07) is 10.9. The molecule has 1 heteroatoms. The summed E-state index contributed by atoms with van der Waals surface area (Å²) >= 11 is 0. The Bertz CT molecular complexity index is 343. The van der Waals surface area contributed by atoms with Gasteiger partial charge in [-0.05, 0) is 11.0 Å². The van der Waals surface area contributed by atoms with Crippen molar-refractivity contribution in [3.05, 3.63) is 43.0 Å². The third-order valence-electron chi connectivity index (χ3n) is 3.46. The molecule has 1 aromatic rings. The Balaban J connectivity index is 3.14. The summed E-state index contributed by atoms with van der Waals surface area (Å²) in [5, 5.41) is 1.52. The summed E-state index contributed by atoms with van der Waals surface area (Å²) in [4.78, 5) is 0. The van der Waals surface area contributed by atoms with Crippen LogP contribution in [0.25, 0.3) is 0 Å². The highest BCUT2D eigenvalue weighted by Gasteiger charge is 2.38. The molecule has 0 aliphatic heterocycles. The lowest BCUT2D eigenvalue weighted by Crippen LogP contribution is -2.49. The highest BCUT2D eigenvalue weighted by Crippen LogP contribution is 2.39. The lowest BCUT2D eigenvalue weighted by molar-refractivity contribution is 0.413. The molecule has 1 atom stereocenters. The van der Waals surface area contributed by atoms with Gasteiger partial charge in [0.05, 0.1) is 8.07 Å². The fourth-order valence-electron chi connectivity index (χ4n) is 2.78. The smallest absolute Gasteiger partial charge is 0.0878 e. The molecule has 88 valence electrons. The molecular weight excluding hydrogens is 208 g/mol. The molecule has 0 radical (unpaired) electrons. The molecule has 0 heterocycles. The Morgan fingerprint density at radius 1 is 1.12 bits per heavy atom. The Morgan fingerprint density at radius 2 is 1.62 bits per heavy atom. The second-order valence-electron chi connectivity index (χ2n) is 6.17. The Hall–Kier alpha value is -0.823. The first-order chi connectivity index (χ1) is 7.30. The van der Waals surface area contributed by atoms with Crippen LogP contribution >= 0.6 is 0 Å².